The van der Waals surface area contributed by atoms with E-state index in [-0.39, 0.29) is 29.6 Å². The van der Waals surface area contributed by atoms with E-state index < -0.39 is 5.41 Å². The van der Waals surface area contributed by atoms with Crippen molar-refractivity contribution < 1.29 is 14.4 Å². The Hall–Kier alpha value is -2.37. The lowest BCUT2D eigenvalue weighted by Gasteiger charge is -2.32. The predicted octanol–water partition coefficient (Wildman–Crippen LogP) is 2.18. The molecule has 0 N–H and O–H groups in total. The Morgan fingerprint density at radius 2 is 1.60 bits per heavy atom. The highest BCUT2D eigenvalue weighted by Gasteiger charge is 2.60. The molecular formula is C24H33N3O3. The van der Waals surface area contributed by atoms with Crippen LogP contribution in [0, 0.1) is 17.3 Å². The Morgan fingerprint density at radius 1 is 0.967 bits per heavy atom. The van der Waals surface area contributed by atoms with Crippen LogP contribution in [0.4, 0.5) is 0 Å². The maximum absolute atomic E-state index is 13.6. The molecule has 3 aliphatic rings. The van der Waals surface area contributed by atoms with Crippen molar-refractivity contribution >= 4 is 17.7 Å². The van der Waals surface area contributed by atoms with Gasteiger partial charge in [0.1, 0.15) is 0 Å². The van der Waals surface area contributed by atoms with E-state index in [9.17, 15) is 14.4 Å². The molecule has 3 aliphatic heterocycles. The van der Waals surface area contributed by atoms with E-state index in [1.54, 1.807) is 0 Å². The summed E-state index contributed by atoms with van der Waals surface area (Å²) in [6, 6.07) is 10.0. The highest BCUT2D eigenvalue weighted by molar-refractivity contribution is 5.88. The van der Waals surface area contributed by atoms with Crippen molar-refractivity contribution in [3.63, 3.8) is 0 Å². The minimum atomic E-state index is -0.628. The molecule has 0 aliphatic carbocycles. The average molecular weight is 412 g/mol. The molecule has 2 atom stereocenters. The maximum atomic E-state index is 13.6. The second kappa shape index (κ2) is 8.40. The fourth-order valence-corrected chi connectivity index (χ4v) is 5.38. The average Bonchev–Trinajstić information content (AvgIpc) is 3.46. The van der Waals surface area contributed by atoms with Crippen molar-refractivity contribution in [3.05, 3.63) is 35.9 Å². The summed E-state index contributed by atoms with van der Waals surface area (Å²) in [5, 5.41) is 0. The van der Waals surface area contributed by atoms with Crippen LogP contribution in [-0.2, 0) is 20.8 Å². The van der Waals surface area contributed by atoms with Gasteiger partial charge in [-0.05, 0) is 24.8 Å². The SMILES string of the molecule is CC(C)C(=O)N1C[C@H]2CN(C(=O)CCc3ccccc3)C[C@@]2(C(=O)N2CCCC2)C1. The van der Waals surface area contributed by atoms with E-state index in [1.165, 1.54) is 0 Å². The van der Waals surface area contributed by atoms with Crippen LogP contribution in [0.1, 0.15) is 38.7 Å². The van der Waals surface area contributed by atoms with E-state index >= 15 is 0 Å². The van der Waals surface area contributed by atoms with E-state index in [1.807, 2.05) is 58.9 Å². The van der Waals surface area contributed by atoms with Gasteiger partial charge in [0.25, 0.3) is 0 Å². The first-order valence-electron chi connectivity index (χ1n) is 11.3. The van der Waals surface area contributed by atoms with Gasteiger partial charge in [0.2, 0.25) is 17.7 Å². The summed E-state index contributed by atoms with van der Waals surface area (Å²) in [6.45, 7) is 7.47. The number of likely N-dealkylation sites (tertiary alicyclic amines) is 3. The monoisotopic (exact) mass is 411 g/mol. The molecule has 0 spiro atoms. The Morgan fingerprint density at radius 3 is 2.27 bits per heavy atom. The number of fused-ring (bicyclic) bond motifs is 1. The minimum Gasteiger partial charge on any atom is -0.342 e. The van der Waals surface area contributed by atoms with Crippen LogP contribution in [-0.4, -0.2) is 71.7 Å². The van der Waals surface area contributed by atoms with Gasteiger partial charge in [-0.3, -0.25) is 14.4 Å². The van der Waals surface area contributed by atoms with Crippen molar-refractivity contribution in [2.75, 3.05) is 39.3 Å². The molecule has 4 rings (SSSR count). The zero-order chi connectivity index (χ0) is 21.3. The van der Waals surface area contributed by atoms with Crippen LogP contribution in [0.2, 0.25) is 0 Å². The molecule has 0 radical (unpaired) electrons. The van der Waals surface area contributed by atoms with Gasteiger partial charge in [-0.15, -0.1) is 0 Å². The van der Waals surface area contributed by atoms with Gasteiger partial charge in [0, 0.05) is 57.5 Å². The van der Waals surface area contributed by atoms with Crippen molar-refractivity contribution in [3.8, 4) is 0 Å². The first kappa shape index (κ1) is 20.9. The van der Waals surface area contributed by atoms with Gasteiger partial charge in [-0.2, -0.15) is 0 Å². The molecule has 3 saturated heterocycles. The third-order valence-corrected chi connectivity index (χ3v) is 7.06. The van der Waals surface area contributed by atoms with Gasteiger partial charge < -0.3 is 14.7 Å². The number of carbonyl (C=O) groups excluding carboxylic acids is 3. The number of nitrogens with zero attached hydrogens (tertiary/aromatic N) is 3. The number of benzene rings is 1. The highest BCUT2D eigenvalue weighted by atomic mass is 16.2. The van der Waals surface area contributed by atoms with Crippen molar-refractivity contribution in [1.29, 1.82) is 0 Å². The van der Waals surface area contributed by atoms with Gasteiger partial charge in [0.05, 0.1) is 5.41 Å². The lowest BCUT2D eigenvalue weighted by atomic mass is 9.79. The molecule has 0 aromatic heterocycles. The van der Waals surface area contributed by atoms with Crippen molar-refractivity contribution in [2.45, 2.75) is 39.5 Å². The zero-order valence-electron chi connectivity index (χ0n) is 18.2. The summed E-state index contributed by atoms with van der Waals surface area (Å²) in [6.07, 6.45) is 3.26. The fraction of sp³-hybridized carbons (Fsp3) is 0.625. The van der Waals surface area contributed by atoms with Crippen LogP contribution in [0.3, 0.4) is 0 Å². The van der Waals surface area contributed by atoms with Crippen LogP contribution < -0.4 is 0 Å². The third kappa shape index (κ3) is 3.84. The van der Waals surface area contributed by atoms with Crippen LogP contribution in [0.5, 0.6) is 0 Å². The Labute approximate surface area is 179 Å². The Balaban J connectivity index is 1.48. The van der Waals surface area contributed by atoms with E-state index in [0.717, 1.165) is 31.5 Å². The quantitative estimate of drug-likeness (QED) is 0.746. The van der Waals surface area contributed by atoms with Gasteiger partial charge in [-0.1, -0.05) is 44.2 Å². The van der Waals surface area contributed by atoms with Gasteiger partial charge in [0.15, 0.2) is 0 Å². The summed E-state index contributed by atoms with van der Waals surface area (Å²) in [5.74, 6) is 0.339. The molecule has 0 saturated carbocycles. The molecule has 3 heterocycles. The summed E-state index contributed by atoms with van der Waals surface area (Å²) in [4.78, 5) is 44.9. The summed E-state index contributed by atoms with van der Waals surface area (Å²) < 4.78 is 0. The lowest BCUT2D eigenvalue weighted by molar-refractivity contribution is -0.142. The molecular weight excluding hydrogens is 378 g/mol. The highest BCUT2D eigenvalue weighted by Crippen LogP contribution is 2.45. The Kier molecular flexibility index (Phi) is 5.85. The molecule has 3 fully saturated rings. The lowest BCUT2D eigenvalue weighted by Crippen LogP contribution is -2.49. The molecule has 30 heavy (non-hydrogen) atoms. The number of hydrogen-bond acceptors (Lipinski definition) is 3. The van der Waals surface area contributed by atoms with E-state index in [4.69, 9.17) is 0 Å². The number of aryl methyl sites for hydroxylation is 1. The first-order chi connectivity index (χ1) is 14.4. The zero-order valence-corrected chi connectivity index (χ0v) is 18.2. The standard InChI is InChI=1S/C24H33N3O3/c1-18(2)22(29)27-15-20-14-26(21(28)11-10-19-8-4-3-5-9-19)16-24(20,17-27)23(30)25-12-6-7-13-25/h3-5,8-9,18,20H,6-7,10-17H2,1-2H3/t20-,24-/m1/s1. The molecule has 3 amide bonds. The predicted molar refractivity (Wildman–Crippen MR) is 114 cm³/mol. The van der Waals surface area contributed by atoms with Crippen LogP contribution in [0.15, 0.2) is 30.3 Å². The Bertz CT molecular complexity index is 803. The van der Waals surface area contributed by atoms with Gasteiger partial charge >= 0.3 is 0 Å². The number of carbonyl (C=O) groups is 3. The molecule has 0 bridgehead atoms. The number of rotatable bonds is 5. The fourth-order valence-electron chi connectivity index (χ4n) is 5.38. The van der Waals surface area contributed by atoms with Crippen molar-refractivity contribution in [1.82, 2.24) is 14.7 Å². The smallest absolute Gasteiger partial charge is 0.232 e. The van der Waals surface area contributed by atoms with Crippen LogP contribution in [0.25, 0.3) is 0 Å². The summed E-state index contributed by atoms with van der Waals surface area (Å²) >= 11 is 0. The molecule has 162 valence electrons. The van der Waals surface area contributed by atoms with Gasteiger partial charge in [-0.25, -0.2) is 0 Å². The first-order valence-corrected chi connectivity index (χ1v) is 11.3. The normalized spacial score (nSPS) is 25.8. The second-order valence-electron chi connectivity index (χ2n) is 9.49. The topological polar surface area (TPSA) is 60.9 Å². The van der Waals surface area contributed by atoms with Crippen molar-refractivity contribution in [2.24, 2.45) is 17.3 Å². The third-order valence-electron chi connectivity index (χ3n) is 7.06. The molecule has 6 nitrogen and oxygen atoms in total. The van der Waals surface area contributed by atoms with E-state index in [0.29, 0.717) is 39.0 Å². The second-order valence-corrected chi connectivity index (χ2v) is 9.49. The largest absolute Gasteiger partial charge is 0.342 e. The summed E-state index contributed by atoms with van der Waals surface area (Å²) in [5.41, 5.74) is 0.527. The molecule has 6 heteroatoms. The van der Waals surface area contributed by atoms with E-state index in [2.05, 4.69) is 0 Å². The molecule has 1 aromatic carbocycles. The number of hydrogen-bond donors (Lipinski definition) is 0. The number of amides is 3. The summed E-state index contributed by atoms with van der Waals surface area (Å²) in [7, 11) is 0. The maximum Gasteiger partial charge on any atom is 0.232 e. The minimum absolute atomic E-state index is 0.0361. The molecule has 0 unspecified atom stereocenters. The molecule has 1 aromatic rings. The van der Waals surface area contributed by atoms with Crippen LogP contribution >= 0.6 is 0 Å².